The van der Waals surface area contributed by atoms with Gasteiger partial charge in [-0.15, -0.1) is 0 Å². The molecule has 0 aliphatic carbocycles. The van der Waals surface area contributed by atoms with Gasteiger partial charge in [0.05, 0.1) is 0 Å². The molecule has 0 amide bonds. The molecule has 2 heteroatoms. The number of benzene rings is 1. The molecule has 0 heterocycles. The molecule has 1 aromatic carbocycles. The zero-order valence-corrected chi connectivity index (χ0v) is 7.94. The van der Waals surface area contributed by atoms with Gasteiger partial charge < -0.3 is 9.84 Å². The SMILES string of the molecule is CCCO[C@H](O)Cc1ccccc1. The first-order valence-electron chi connectivity index (χ1n) is 4.66. The van der Waals surface area contributed by atoms with E-state index in [-0.39, 0.29) is 0 Å². The van der Waals surface area contributed by atoms with Gasteiger partial charge in [0, 0.05) is 13.0 Å². The molecule has 0 radical (unpaired) electrons. The largest absolute Gasteiger partial charge is 0.368 e. The average molecular weight is 180 g/mol. The maximum atomic E-state index is 9.41. The summed E-state index contributed by atoms with van der Waals surface area (Å²) in [6.07, 6.45) is 0.842. The van der Waals surface area contributed by atoms with Gasteiger partial charge in [0.1, 0.15) is 0 Å². The second-order valence-corrected chi connectivity index (χ2v) is 3.02. The van der Waals surface area contributed by atoms with E-state index in [0.717, 1.165) is 12.0 Å². The van der Waals surface area contributed by atoms with Crippen molar-refractivity contribution >= 4 is 0 Å². The van der Waals surface area contributed by atoms with Crippen LogP contribution in [0.5, 0.6) is 0 Å². The minimum Gasteiger partial charge on any atom is -0.368 e. The van der Waals surface area contributed by atoms with Gasteiger partial charge in [0.15, 0.2) is 6.29 Å². The standard InChI is InChI=1S/C11H16O2/c1-2-8-13-11(12)9-10-6-4-3-5-7-10/h3-7,11-12H,2,8-9H2,1H3/t11-/m0/s1. The average Bonchev–Trinajstić information content (AvgIpc) is 2.16. The summed E-state index contributed by atoms with van der Waals surface area (Å²) in [6.45, 7) is 2.64. The molecule has 0 aliphatic rings. The Kier molecular flexibility index (Phi) is 4.50. The second-order valence-electron chi connectivity index (χ2n) is 3.02. The van der Waals surface area contributed by atoms with Crippen LogP contribution in [0.3, 0.4) is 0 Å². The molecule has 1 aromatic rings. The highest BCUT2D eigenvalue weighted by Gasteiger charge is 2.03. The summed E-state index contributed by atoms with van der Waals surface area (Å²) in [7, 11) is 0. The third-order valence-corrected chi connectivity index (χ3v) is 1.77. The highest BCUT2D eigenvalue weighted by atomic mass is 16.6. The molecule has 1 N–H and O–H groups in total. The highest BCUT2D eigenvalue weighted by Crippen LogP contribution is 2.03. The molecule has 0 bridgehead atoms. The van der Waals surface area contributed by atoms with Crippen molar-refractivity contribution in [3.8, 4) is 0 Å². The molecule has 1 rings (SSSR count). The third-order valence-electron chi connectivity index (χ3n) is 1.77. The van der Waals surface area contributed by atoms with Gasteiger partial charge in [-0.3, -0.25) is 0 Å². The molecule has 2 nitrogen and oxygen atoms in total. The number of ether oxygens (including phenoxy) is 1. The van der Waals surface area contributed by atoms with Crippen LogP contribution in [0.1, 0.15) is 18.9 Å². The Morgan fingerprint density at radius 2 is 2.00 bits per heavy atom. The van der Waals surface area contributed by atoms with Crippen molar-refractivity contribution in [2.45, 2.75) is 26.1 Å². The van der Waals surface area contributed by atoms with E-state index in [1.165, 1.54) is 0 Å². The lowest BCUT2D eigenvalue weighted by Crippen LogP contribution is -2.15. The van der Waals surface area contributed by atoms with E-state index in [1.54, 1.807) is 0 Å². The van der Waals surface area contributed by atoms with Crippen LogP contribution in [0.2, 0.25) is 0 Å². The van der Waals surface area contributed by atoms with Gasteiger partial charge >= 0.3 is 0 Å². The van der Waals surface area contributed by atoms with Crippen LogP contribution < -0.4 is 0 Å². The van der Waals surface area contributed by atoms with Gasteiger partial charge in [-0.1, -0.05) is 37.3 Å². The molecule has 0 unspecified atom stereocenters. The number of aliphatic hydroxyl groups is 1. The lowest BCUT2D eigenvalue weighted by molar-refractivity contribution is -0.0971. The maximum Gasteiger partial charge on any atom is 0.158 e. The zero-order valence-electron chi connectivity index (χ0n) is 7.94. The Balaban J connectivity index is 2.32. The number of aliphatic hydroxyl groups excluding tert-OH is 1. The topological polar surface area (TPSA) is 29.5 Å². The monoisotopic (exact) mass is 180 g/mol. The summed E-state index contributed by atoms with van der Waals surface area (Å²) in [5.74, 6) is 0. The van der Waals surface area contributed by atoms with Gasteiger partial charge in [-0.05, 0) is 12.0 Å². The maximum absolute atomic E-state index is 9.41. The van der Waals surface area contributed by atoms with Crippen LogP contribution in [-0.4, -0.2) is 18.0 Å². The molecule has 13 heavy (non-hydrogen) atoms. The number of hydrogen-bond donors (Lipinski definition) is 1. The number of hydrogen-bond acceptors (Lipinski definition) is 2. The van der Waals surface area contributed by atoms with Crippen LogP contribution in [0, 0.1) is 0 Å². The lowest BCUT2D eigenvalue weighted by atomic mass is 10.1. The van der Waals surface area contributed by atoms with Gasteiger partial charge in [0.25, 0.3) is 0 Å². The fourth-order valence-corrected chi connectivity index (χ4v) is 1.13. The van der Waals surface area contributed by atoms with Crippen molar-refractivity contribution in [2.75, 3.05) is 6.61 Å². The predicted molar refractivity (Wildman–Crippen MR) is 52.4 cm³/mol. The van der Waals surface area contributed by atoms with E-state index in [1.807, 2.05) is 37.3 Å². The smallest absolute Gasteiger partial charge is 0.158 e. The first kappa shape index (κ1) is 10.2. The second kappa shape index (κ2) is 5.73. The summed E-state index contributed by atoms with van der Waals surface area (Å²) in [5, 5.41) is 9.41. The summed E-state index contributed by atoms with van der Waals surface area (Å²) in [4.78, 5) is 0. The lowest BCUT2D eigenvalue weighted by Gasteiger charge is -2.10. The summed E-state index contributed by atoms with van der Waals surface area (Å²) in [5.41, 5.74) is 1.10. The quantitative estimate of drug-likeness (QED) is 0.702. The summed E-state index contributed by atoms with van der Waals surface area (Å²) in [6, 6.07) is 9.85. The molecule has 0 fully saturated rings. The molecule has 1 atom stereocenters. The van der Waals surface area contributed by atoms with Crippen molar-refractivity contribution in [3.63, 3.8) is 0 Å². The fraction of sp³-hybridized carbons (Fsp3) is 0.455. The Morgan fingerprint density at radius 3 is 2.62 bits per heavy atom. The van der Waals surface area contributed by atoms with Crippen molar-refractivity contribution < 1.29 is 9.84 Å². The first-order chi connectivity index (χ1) is 6.33. The normalized spacial score (nSPS) is 12.8. The van der Waals surface area contributed by atoms with E-state index in [4.69, 9.17) is 4.74 Å². The molecule has 0 spiro atoms. The number of rotatable bonds is 5. The van der Waals surface area contributed by atoms with E-state index >= 15 is 0 Å². The molecule has 0 aromatic heterocycles. The first-order valence-corrected chi connectivity index (χ1v) is 4.66. The van der Waals surface area contributed by atoms with E-state index < -0.39 is 6.29 Å². The molecule has 0 saturated heterocycles. The van der Waals surface area contributed by atoms with Crippen LogP contribution in [0.4, 0.5) is 0 Å². The Labute approximate surface area is 79.2 Å². The summed E-state index contributed by atoms with van der Waals surface area (Å²) >= 11 is 0. The van der Waals surface area contributed by atoms with E-state index in [0.29, 0.717) is 13.0 Å². The third kappa shape index (κ3) is 4.06. The Hall–Kier alpha value is -0.860. The van der Waals surface area contributed by atoms with Crippen molar-refractivity contribution in [1.29, 1.82) is 0 Å². The van der Waals surface area contributed by atoms with Crippen LogP contribution in [-0.2, 0) is 11.2 Å². The summed E-state index contributed by atoms with van der Waals surface area (Å²) < 4.78 is 5.15. The minimum atomic E-state index is -0.664. The zero-order chi connectivity index (χ0) is 9.52. The van der Waals surface area contributed by atoms with Gasteiger partial charge in [0.2, 0.25) is 0 Å². The fourth-order valence-electron chi connectivity index (χ4n) is 1.13. The van der Waals surface area contributed by atoms with Crippen LogP contribution >= 0.6 is 0 Å². The molecule has 0 saturated carbocycles. The Bertz CT molecular complexity index is 221. The molecular formula is C11H16O2. The highest BCUT2D eigenvalue weighted by molar-refractivity contribution is 5.14. The Morgan fingerprint density at radius 1 is 1.31 bits per heavy atom. The van der Waals surface area contributed by atoms with Gasteiger partial charge in [-0.25, -0.2) is 0 Å². The van der Waals surface area contributed by atoms with Crippen molar-refractivity contribution in [2.24, 2.45) is 0 Å². The molecule has 72 valence electrons. The van der Waals surface area contributed by atoms with E-state index in [9.17, 15) is 5.11 Å². The van der Waals surface area contributed by atoms with Gasteiger partial charge in [-0.2, -0.15) is 0 Å². The minimum absolute atomic E-state index is 0.570. The molecule has 0 aliphatic heterocycles. The van der Waals surface area contributed by atoms with Crippen molar-refractivity contribution in [1.82, 2.24) is 0 Å². The van der Waals surface area contributed by atoms with E-state index in [2.05, 4.69) is 0 Å². The van der Waals surface area contributed by atoms with Crippen LogP contribution in [0.15, 0.2) is 30.3 Å². The molecular weight excluding hydrogens is 164 g/mol. The van der Waals surface area contributed by atoms with Crippen LogP contribution in [0.25, 0.3) is 0 Å². The predicted octanol–water partition coefficient (Wildman–Crippen LogP) is 1.97. The van der Waals surface area contributed by atoms with Crippen molar-refractivity contribution in [3.05, 3.63) is 35.9 Å².